The first kappa shape index (κ1) is 17.9. The summed E-state index contributed by atoms with van der Waals surface area (Å²) in [7, 11) is -4.06. The summed E-state index contributed by atoms with van der Waals surface area (Å²) in [6.07, 6.45) is 0. The predicted molar refractivity (Wildman–Crippen MR) is 116 cm³/mol. The lowest BCUT2D eigenvalue weighted by molar-refractivity contribution is 1.78. The third kappa shape index (κ3) is 2.75. The van der Waals surface area contributed by atoms with E-state index in [1.54, 1.807) is 0 Å². The number of rotatable bonds is 8. The van der Waals surface area contributed by atoms with E-state index < -0.39 is 16.1 Å². The van der Waals surface area contributed by atoms with Crippen LogP contribution in [0.5, 0.6) is 0 Å². The molecule has 0 aliphatic carbocycles. The van der Waals surface area contributed by atoms with Crippen LogP contribution in [0, 0.1) is 0 Å². The molecule has 0 aliphatic rings. The Bertz CT molecular complexity index is 727. The smallest absolute Gasteiger partial charge is 0.106 e. The Balaban J connectivity index is 2.65. The van der Waals surface area contributed by atoms with Crippen LogP contribution in [-0.4, -0.2) is 16.1 Å². The molecule has 2 heteroatoms. The lowest BCUT2D eigenvalue weighted by atomic mass is 10.1. The van der Waals surface area contributed by atoms with Gasteiger partial charge in [0.2, 0.25) is 0 Å². The average molecular weight is 345 g/mol. The van der Waals surface area contributed by atoms with Gasteiger partial charge in [-0.3, -0.25) is 0 Å². The van der Waals surface area contributed by atoms with Gasteiger partial charge in [0.25, 0.3) is 0 Å². The van der Waals surface area contributed by atoms with Crippen molar-refractivity contribution in [1.82, 2.24) is 0 Å². The molecule has 0 nitrogen and oxygen atoms in total. The fraction of sp³-hybridized carbons (Fsp3) is 0. The number of fused-ring (bicyclic) bond motifs is 1. The Hall–Kier alpha value is -2.43. The van der Waals surface area contributed by atoms with Crippen LogP contribution in [0.1, 0.15) is 0 Å². The second-order valence-electron chi connectivity index (χ2n) is 5.87. The Labute approximate surface area is 147 Å². The van der Waals surface area contributed by atoms with Crippen molar-refractivity contribution < 1.29 is 0 Å². The third-order valence-corrected chi connectivity index (χ3v) is 11.5. The first-order chi connectivity index (χ1) is 11.5. The summed E-state index contributed by atoms with van der Waals surface area (Å²) in [5, 5.41) is 4.92. The molecule has 0 N–H and O–H groups in total. The average Bonchev–Trinajstić information content (AvgIpc) is 2.65. The SMILES string of the molecule is C=C[Si](C=C)(C=C)c1ccc2cc([Si](C=C)(C=C)C=C)ccc2c1. The van der Waals surface area contributed by atoms with E-state index >= 15 is 0 Å². The standard InChI is InChI=1S/C22H24Si2/c1-7-23(8-2,9-3)21-15-13-20-18-22(16-14-19(20)17-21)24(10-4,11-5)12-6/h7-18H,1-6H2. The lowest BCUT2D eigenvalue weighted by Crippen LogP contribution is -2.43. The van der Waals surface area contributed by atoms with Gasteiger partial charge >= 0.3 is 0 Å². The summed E-state index contributed by atoms with van der Waals surface area (Å²) < 4.78 is 0. The van der Waals surface area contributed by atoms with Crippen LogP contribution in [0.2, 0.25) is 0 Å². The van der Waals surface area contributed by atoms with Gasteiger partial charge in [0, 0.05) is 0 Å². The highest BCUT2D eigenvalue weighted by Crippen LogP contribution is 2.18. The van der Waals surface area contributed by atoms with E-state index in [0.29, 0.717) is 0 Å². The molecular weight excluding hydrogens is 320 g/mol. The largest absolute Gasteiger partial charge is 0.156 e. The summed E-state index contributed by atoms with van der Waals surface area (Å²) >= 11 is 0. The summed E-state index contributed by atoms with van der Waals surface area (Å²) in [4.78, 5) is 0. The molecule has 2 rings (SSSR count). The number of hydrogen-bond acceptors (Lipinski definition) is 0. The first-order valence-corrected chi connectivity index (χ1v) is 12.4. The van der Waals surface area contributed by atoms with Crippen molar-refractivity contribution in [3.8, 4) is 0 Å². The maximum atomic E-state index is 4.00. The topological polar surface area (TPSA) is 0 Å². The van der Waals surface area contributed by atoms with Gasteiger partial charge in [-0.25, -0.2) is 0 Å². The minimum atomic E-state index is -2.03. The summed E-state index contributed by atoms with van der Waals surface area (Å²) in [5.41, 5.74) is 12.0. The molecule has 0 radical (unpaired) electrons. The van der Waals surface area contributed by atoms with Crippen molar-refractivity contribution in [2.45, 2.75) is 0 Å². The van der Waals surface area contributed by atoms with Crippen LogP contribution >= 0.6 is 0 Å². The number of benzene rings is 2. The van der Waals surface area contributed by atoms with Gasteiger partial charge in [0.15, 0.2) is 16.1 Å². The molecule has 24 heavy (non-hydrogen) atoms. The van der Waals surface area contributed by atoms with Crippen molar-refractivity contribution in [1.29, 1.82) is 0 Å². The molecule has 0 unspecified atom stereocenters. The van der Waals surface area contributed by atoms with E-state index in [0.717, 1.165) is 0 Å². The summed E-state index contributed by atoms with van der Waals surface area (Å²) in [6.45, 7) is 24.0. The Morgan fingerprint density at radius 1 is 0.500 bits per heavy atom. The lowest BCUT2D eigenvalue weighted by Gasteiger charge is -2.22. The molecule has 0 aliphatic heterocycles. The maximum absolute atomic E-state index is 4.00. The van der Waals surface area contributed by atoms with Crippen LogP contribution in [0.3, 0.4) is 0 Å². The molecule has 0 amide bonds. The third-order valence-electron chi connectivity index (χ3n) is 4.87. The Morgan fingerprint density at radius 3 is 1.04 bits per heavy atom. The summed E-state index contributed by atoms with van der Waals surface area (Å²) in [5.74, 6) is 0. The van der Waals surface area contributed by atoms with Crippen molar-refractivity contribution >= 4 is 37.3 Å². The molecule has 0 fully saturated rings. The molecule has 0 saturated heterocycles. The van der Waals surface area contributed by atoms with E-state index in [4.69, 9.17) is 0 Å². The van der Waals surface area contributed by atoms with Crippen LogP contribution in [0.4, 0.5) is 0 Å². The van der Waals surface area contributed by atoms with Gasteiger partial charge in [-0.2, -0.15) is 0 Å². The highest BCUT2D eigenvalue weighted by atomic mass is 28.3. The highest BCUT2D eigenvalue weighted by molar-refractivity contribution is 7.04. The number of hydrogen-bond donors (Lipinski definition) is 0. The van der Waals surface area contributed by atoms with Gasteiger partial charge in [-0.05, 0) is 21.1 Å². The summed E-state index contributed by atoms with van der Waals surface area (Å²) in [6, 6.07) is 13.1. The Morgan fingerprint density at radius 2 is 0.792 bits per heavy atom. The van der Waals surface area contributed by atoms with E-state index in [2.05, 4.69) is 75.9 Å². The molecule has 0 heterocycles. The van der Waals surface area contributed by atoms with Gasteiger partial charge in [-0.15, -0.1) is 39.5 Å². The minimum absolute atomic E-state index is 1.21. The first-order valence-electron chi connectivity index (χ1n) is 7.91. The van der Waals surface area contributed by atoms with Crippen molar-refractivity contribution in [2.24, 2.45) is 0 Å². The molecule has 0 spiro atoms. The fourth-order valence-electron chi connectivity index (χ4n) is 2.99. The molecule has 0 atom stereocenters. The second kappa shape index (κ2) is 6.99. The molecule has 0 saturated carbocycles. The molecule has 2 aromatic rings. The molecule has 120 valence electrons. The van der Waals surface area contributed by atoms with Crippen LogP contribution in [0.25, 0.3) is 10.8 Å². The van der Waals surface area contributed by atoms with Gasteiger partial charge in [0.1, 0.15) is 0 Å². The minimum Gasteiger partial charge on any atom is -0.106 e. The molecule has 0 bridgehead atoms. The fourth-order valence-corrected chi connectivity index (χ4v) is 6.96. The van der Waals surface area contributed by atoms with Crippen LogP contribution < -0.4 is 10.4 Å². The normalized spacial score (nSPS) is 11.5. The van der Waals surface area contributed by atoms with E-state index in [-0.39, 0.29) is 0 Å². The zero-order valence-corrected chi connectivity index (χ0v) is 16.2. The van der Waals surface area contributed by atoms with E-state index in [1.165, 1.54) is 21.1 Å². The maximum Gasteiger partial charge on any atom is 0.156 e. The zero-order chi connectivity index (χ0) is 17.8. The predicted octanol–water partition coefficient (Wildman–Crippen LogP) is 4.50. The van der Waals surface area contributed by atoms with Gasteiger partial charge in [0.05, 0.1) is 0 Å². The van der Waals surface area contributed by atoms with Crippen molar-refractivity contribution in [2.75, 3.05) is 0 Å². The highest BCUT2D eigenvalue weighted by Gasteiger charge is 2.26. The van der Waals surface area contributed by atoms with E-state index in [1.807, 2.05) is 34.2 Å². The van der Waals surface area contributed by atoms with Gasteiger partial charge in [-0.1, -0.05) is 70.6 Å². The van der Waals surface area contributed by atoms with Gasteiger partial charge < -0.3 is 0 Å². The Kier molecular flexibility index (Phi) is 5.22. The molecular formula is C22H24Si2. The van der Waals surface area contributed by atoms with Crippen molar-refractivity contribution in [3.63, 3.8) is 0 Å². The van der Waals surface area contributed by atoms with Crippen LogP contribution in [0.15, 0.2) is 110 Å². The monoisotopic (exact) mass is 344 g/mol. The zero-order valence-electron chi connectivity index (χ0n) is 14.2. The van der Waals surface area contributed by atoms with Crippen LogP contribution in [-0.2, 0) is 0 Å². The van der Waals surface area contributed by atoms with Crippen molar-refractivity contribution in [3.05, 3.63) is 110 Å². The molecule has 0 aromatic heterocycles. The second-order valence-corrected chi connectivity index (χ2v) is 13.2. The quantitative estimate of drug-likeness (QED) is 0.618. The molecule has 2 aromatic carbocycles. The van der Waals surface area contributed by atoms with E-state index in [9.17, 15) is 0 Å².